The predicted octanol–water partition coefficient (Wildman–Crippen LogP) is 1.68. The molecule has 3 heterocycles. The van der Waals surface area contributed by atoms with Gasteiger partial charge in [0.05, 0.1) is 11.0 Å². The number of hydrogen-bond acceptors (Lipinski definition) is 5. The number of carbonyl (C=O) groups excluding carboxylic acids is 2. The van der Waals surface area contributed by atoms with Crippen molar-refractivity contribution in [3.8, 4) is 0 Å². The number of rotatable bonds is 6. The molecule has 0 radical (unpaired) electrons. The van der Waals surface area contributed by atoms with E-state index in [1.165, 1.54) is 11.2 Å². The molecular weight excluding hydrogens is 418 g/mol. The predicted molar refractivity (Wildman–Crippen MR) is 116 cm³/mol. The fourth-order valence-corrected chi connectivity index (χ4v) is 6.26. The molecule has 2 fully saturated rings. The monoisotopic (exact) mass is 449 g/mol. The van der Waals surface area contributed by atoms with Gasteiger partial charge in [-0.05, 0) is 61.8 Å². The Bertz CT molecular complexity index is 934. The Hall–Kier alpha value is -1.97. The van der Waals surface area contributed by atoms with E-state index in [4.69, 9.17) is 4.74 Å². The second-order valence-electron chi connectivity index (χ2n) is 8.70. The van der Waals surface area contributed by atoms with Gasteiger partial charge < -0.3 is 15.0 Å². The number of nitrogens with zero attached hydrogens (tertiary/aromatic N) is 2. The fourth-order valence-electron chi connectivity index (χ4n) is 4.74. The van der Waals surface area contributed by atoms with E-state index in [0.717, 1.165) is 30.7 Å². The lowest BCUT2D eigenvalue weighted by Crippen LogP contribution is -2.40. The average molecular weight is 450 g/mol. The van der Waals surface area contributed by atoms with Crippen molar-refractivity contribution in [3.63, 3.8) is 0 Å². The molecule has 1 aromatic carbocycles. The minimum atomic E-state index is -3.58. The molecule has 2 saturated heterocycles. The maximum atomic E-state index is 13.1. The van der Waals surface area contributed by atoms with E-state index in [9.17, 15) is 18.0 Å². The van der Waals surface area contributed by atoms with Crippen molar-refractivity contribution >= 4 is 27.5 Å². The van der Waals surface area contributed by atoms with Gasteiger partial charge in [0, 0.05) is 51.8 Å². The molecular formula is C22H31N3O5S. The van der Waals surface area contributed by atoms with Crippen LogP contribution in [0.4, 0.5) is 5.69 Å². The molecule has 170 valence electrons. The Balaban J connectivity index is 1.31. The SMILES string of the molecule is CC(=O)N1CCc2cc(S(=O)(=O)N3CCC(CC(=O)NCC4CCCO4)CC3)ccc21. The number of sulfonamides is 1. The molecule has 0 bridgehead atoms. The van der Waals surface area contributed by atoms with E-state index in [1.807, 2.05) is 0 Å². The lowest BCUT2D eigenvalue weighted by Gasteiger charge is -2.31. The molecule has 1 unspecified atom stereocenters. The van der Waals surface area contributed by atoms with Crippen LogP contribution in [-0.4, -0.2) is 63.4 Å². The lowest BCUT2D eigenvalue weighted by atomic mass is 9.94. The third-order valence-corrected chi connectivity index (χ3v) is 8.46. The summed E-state index contributed by atoms with van der Waals surface area (Å²) in [7, 11) is -3.58. The molecule has 3 aliphatic rings. The largest absolute Gasteiger partial charge is 0.376 e. The van der Waals surface area contributed by atoms with Gasteiger partial charge >= 0.3 is 0 Å². The molecule has 1 atom stereocenters. The van der Waals surface area contributed by atoms with Crippen molar-refractivity contribution in [1.29, 1.82) is 0 Å². The molecule has 0 aromatic heterocycles. The van der Waals surface area contributed by atoms with Gasteiger partial charge in [0.25, 0.3) is 0 Å². The zero-order valence-corrected chi connectivity index (χ0v) is 18.8. The number of anilines is 1. The normalized spacial score (nSPS) is 22.5. The summed E-state index contributed by atoms with van der Waals surface area (Å²) in [4.78, 5) is 25.9. The zero-order chi connectivity index (χ0) is 22.0. The molecule has 4 rings (SSSR count). The third-order valence-electron chi connectivity index (χ3n) is 6.56. The van der Waals surface area contributed by atoms with Crippen molar-refractivity contribution in [1.82, 2.24) is 9.62 Å². The van der Waals surface area contributed by atoms with Gasteiger partial charge in [-0.1, -0.05) is 0 Å². The summed E-state index contributed by atoms with van der Waals surface area (Å²) in [5.74, 6) is 0.182. The smallest absolute Gasteiger partial charge is 0.243 e. The lowest BCUT2D eigenvalue weighted by molar-refractivity contribution is -0.122. The summed E-state index contributed by atoms with van der Waals surface area (Å²) in [5.41, 5.74) is 1.70. The van der Waals surface area contributed by atoms with Crippen LogP contribution in [0.5, 0.6) is 0 Å². The Kier molecular flexibility index (Phi) is 6.64. The highest BCUT2D eigenvalue weighted by molar-refractivity contribution is 7.89. The average Bonchev–Trinajstić information content (AvgIpc) is 3.42. The van der Waals surface area contributed by atoms with Gasteiger partial charge in [-0.2, -0.15) is 4.31 Å². The molecule has 0 spiro atoms. The minimum Gasteiger partial charge on any atom is -0.376 e. The highest BCUT2D eigenvalue weighted by Gasteiger charge is 2.32. The molecule has 0 saturated carbocycles. The maximum absolute atomic E-state index is 13.1. The van der Waals surface area contributed by atoms with E-state index < -0.39 is 10.0 Å². The van der Waals surface area contributed by atoms with Crippen LogP contribution in [0.2, 0.25) is 0 Å². The highest BCUT2D eigenvalue weighted by atomic mass is 32.2. The number of carbonyl (C=O) groups is 2. The number of hydrogen-bond donors (Lipinski definition) is 1. The summed E-state index contributed by atoms with van der Waals surface area (Å²) in [6.07, 6.45) is 4.62. The molecule has 31 heavy (non-hydrogen) atoms. The third kappa shape index (κ3) is 4.94. The number of amides is 2. The molecule has 0 aliphatic carbocycles. The maximum Gasteiger partial charge on any atom is 0.243 e. The minimum absolute atomic E-state index is 0.0189. The summed E-state index contributed by atoms with van der Waals surface area (Å²) in [6, 6.07) is 5.04. The molecule has 9 heteroatoms. The quantitative estimate of drug-likeness (QED) is 0.713. The number of nitrogens with one attached hydrogen (secondary N) is 1. The summed E-state index contributed by atoms with van der Waals surface area (Å²) >= 11 is 0. The van der Waals surface area contributed by atoms with Crippen LogP contribution in [0.3, 0.4) is 0 Å². The van der Waals surface area contributed by atoms with Gasteiger partial charge in [-0.25, -0.2) is 8.42 Å². The van der Waals surface area contributed by atoms with Crippen LogP contribution in [0.1, 0.15) is 44.6 Å². The van der Waals surface area contributed by atoms with Crippen LogP contribution in [-0.2, 0) is 30.8 Å². The van der Waals surface area contributed by atoms with Crippen molar-refractivity contribution in [3.05, 3.63) is 23.8 Å². The van der Waals surface area contributed by atoms with E-state index in [-0.39, 0.29) is 28.7 Å². The van der Waals surface area contributed by atoms with Crippen LogP contribution >= 0.6 is 0 Å². The Labute approximate surface area is 184 Å². The first-order chi connectivity index (χ1) is 14.8. The highest BCUT2D eigenvalue weighted by Crippen LogP contribution is 2.32. The van der Waals surface area contributed by atoms with Crippen molar-refractivity contribution < 1.29 is 22.7 Å². The van der Waals surface area contributed by atoms with Crippen molar-refractivity contribution in [2.45, 2.75) is 56.4 Å². The van der Waals surface area contributed by atoms with Crippen LogP contribution in [0.25, 0.3) is 0 Å². The number of piperidine rings is 1. The first-order valence-electron chi connectivity index (χ1n) is 11.1. The fraction of sp³-hybridized carbons (Fsp3) is 0.636. The molecule has 3 aliphatic heterocycles. The molecule has 8 nitrogen and oxygen atoms in total. The van der Waals surface area contributed by atoms with E-state index in [0.29, 0.717) is 51.9 Å². The van der Waals surface area contributed by atoms with Crippen LogP contribution in [0, 0.1) is 5.92 Å². The topological polar surface area (TPSA) is 96.0 Å². The van der Waals surface area contributed by atoms with E-state index >= 15 is 0 Å². The zero-order valence-electron chi connectivity index (χ0n) is 18.0. The standard InChI is InChI=1S/C22H31N3O5S/c1-16(26)25-11-8-18-14-20(4-5-21(18)25)31(28,29)24-9-6-17(7-10-24)13-22(27)23-15-19-3-2-12-30-19/h4-5,14,17,19H,2-3,6-13,15H2,1H3,(H,23,27). The van der Waals surface area contributed by atoms with E-state index in [1.54, 1.807) is 23.1 Å². The van der Waals surface area contributed by atoms with Crippen molar-refractivity contribution in [2.75, 3.05) is 37.7 Å². The first kappa shape index (κ1) is 22.2. The Morgan fingerprint density at radius 2 is 1.94 bits per heavy atom. The van der Waals surface area contributed by atoms with Gasteiger partial charge in [-0.15, -0.1) is 0 Å². The van der Waals surface area contributed by atoms with Crippen LogP contribution < -0.4 is 10.2 Å². The van der Waals surface area contributed by atoms with Gasteiger partial charge in [0.2, 0.25) is 21.8 Å². The van der Waals surface area contributed by atoms with Crippen LogP contribution in [0.15, 0.2) is 23.1 Å². The summed E-state index contributed by atoms with van der Waals surface area (Å²) in [5, 5.41) is 2.95. The van der Waals surface area contributed by atoms with Gasteiger partial charge in [-0.3, -0.25) is 9.59 Å². The second-order valence-corrected chi connectivity index (χ2v) is 10.6. The molecule has 1 aromatic rings. The second kappa shape index (κ2) is 9.26. The van der Waals surface area contributed by atoms with Crippen molar-refractivity contribution in [2.24, 2.45) is 5.92 Å². The summed E-state index contributed by atoms with van der Waals surface area (Å²) < 4.78 is 33.3. The molecule has 1 N–H and O–H groups in total. The summed E-state index contributed by atoms with van der Waals surface area (Å²) in [6.45, 7) is 4.28. The van der Waals surface area contributed by atoms with Gasteiger partial charge in [0.15, 0.2) is 0 Å². The number of fused-ring (bicyclic) bond motifs is 1. The number of benzene rings is 1. The first-order valence-corrected chi connectivity index (χ1v) is 12.6. The Morgan fingerprint density at radius 3 is 2.61 bits per heavy atom. The molecule has 2 amide bonds. The van der Waals surface area contributed by atoms with Gasteiger partial charge in [0.1, 0.15) is 0 Å². The van der Waals surface area contributed by atoms with E-state index in [2.05, 4.69) is 5.32 Å². The number of ether oxygens (including phenoxy) is 1. The Morgan fingerprint density at radius 1 is 1.16 bits per heavy atom.